The molecule has 0 N–H and O–H groups in total. The molecule has 1 atom stereocenters. The number of hydrogen-bond acceptors (Lipinski definition) is 4. The zero-order valence-electron chi connectivity index (χ0n) is 11.6. The number of nitrogens with zero attached hydrogens (tertiary/aromatic N) is 3. The van der Waals surface area contributed by atoms with Crippen molar-refractivity contribution in [1.29, 1.82) is 0 Å². The zero-order chi connectivity index (χ0) is 13.9. The van der Waals surface area contributed by atoms with Gasteiger partial charge in [0.2, 0.25) is 11.8 Å². The van der Waals surface area contributed by atoms with Crippen molar-refractivity contribution in [2.24, 2.45) is 0 Å². The van der Waals surface area contributed by atoms with E-state index in [0.29, 0.717) is 16.8 Å². The van der Waals surface area contributed by atoms with Crippen molar-refractivity contribution < 1.29 is 4.42 Å². The lowest BCUT2D eigenvalue weighted by atomic mass is 10.1. The zero-order valence-corrected chi connectivity index (χ0v) is 12.3. The molecule has 0 amide bonds. The van der Waals surface area contributed by atoms with Gasteiger partial charge in [-0.05, 0) is 51.1 Å². The fourth-order valence-electron chi connectivity index (χ4n) is 2.60. The Morgan fingerprint density at radius 3 is 2.75 bits per heavy atom. The molecule has 1 aromatic carbocycles. The molecule has 20 heavy (non-hydrogen) atoms. The van der Waals surface area contributed by atoms with Crippen LogP contribution in [0.5, 0.6) is 0 Å². The minimum atomic E-state index is 0.177. The highest BCUT2D eigenvalue weighted by Crippen LogP contribution is 2.27. The van der Waals surface area contributed by atoms with Gasteiger partial charge in [-0.2, -0.15) is 0 Å². The van der Waals surface area contributed by atoms with Gasteiger partial charge < -0.3 is 4.42 Å². The molecule has 0 radical (unpaired) electrons. The van der Waals surface area contributed by atoms with Gasteiger partial charge in [0, 0.05) is 10.6 Å². The van der Waals surface area contributed by atoms with Crippen molar-refractivity contribution in [3.8, 4) is 11.5 Å². The van der Waals surface area contributed by atoms with Crippen LogP contribution in [-0.2, 0) is 0 Å². The summed E-state index contributed by atoms with van der Waals surface area (Å²) in [5, 5.41) is 9.01. The highest BCUT2D eigenvalue weighted by molar-refractivity contribution is 6.30. The van der Waals surface area contributed by atoms with E-state index in [0.717, 1.165) is 18.7 Å². The van der Waals surface area contributed by atoms with Crippen molar-refractivity contribution >= 4 is 11.6 Å². The van der Waals surface area contributed by atoms with Gasteiger partial charge in [-0.1, -0.05) is 24.1 Å². The molecule has 2 aromatic rings. The first-order chi connectivity index (χ1) is 9.74. The van der Waals surface area contributed by atoms with Crippen molar-refractivity contribution in [1.82, 2.24) is 15.1 Å². The molecule has 4 nitrogen and oxygen atoms in total. The van der Waals surface area contributed by atoms with Gasteiger partial charge in [-0.25, -0.2) is 0 Å². The summed E-state index contributed by atoms with van der Waals surface area (Å²) >= 11 is 5.99. The summed E-state index contributed by atoms with van der Waals surface area (Å²) in [6.07, 6.45) is 3.82. The smallest absolute Gasteiger partial charge is 0.247 e. The van der Waals surface area contributed by atoms with Gasteiger partial charge in [-0.15, -0.1) is 10.2 Å². The Balaban J connectivity index is 1.79. The van der Waals surface area contributed by atoms with Crippen molar-refractivity contribution in [3.63, 3.8) is 0 Å². The molecule has 1 aliphatic rings. The summed E-state index contributed by atoms with van der Waals surface area (Å²) in [6.45, 7) is 4.34. The molecule has 1 aliphatic heterocycles. The van der Waals surface area contributed by atoms with E-state index in [2.05, 4.69) is 22.0 Å². The fourth-order valence-corrected chi connectivity index (χ4v) is 2.79. The van der Waals surface area contributed by atoms with Crippen LogP contribution in [-0.4, -0.2) is 28.2 Å². The van der Waals surface area contributed by atoms with E-state index < -0.39 is 0 Å². The van der Waals surface area contributed by atoms with Crippen LogP contribution in [0.2, 0.25) is 5.02 Å². The summed E-state index contributed by atoms with van der Waals surface area (Å²) < 4.78 is 5.82. The second kappa shape index (κ2) is 5.94. The summed E-state index contributed by atoms with van der Waals surface area (Å²) in [5.74, 6) is 1.22. The Bertz CT molecular complexity index is 578. The lowest BCUT2D eigenvalue weighted by Gasteiger charge is -2.30. The summed E-state index contributed by atoms with van der Waals surface area (Å²) in [4.78, 5) is 2.40. The molecule has 0 unspecified atom stereocenters. The maximum Gasteiger partial charge on any atom is 0.247 e. The first-order valence-electron chi connectivity index (χ1n) is 7.07. The lowest BCUT2D eigenvalue weighted by Crippen LogP contribution is -2.32. The van der Waals surface area contributed by atoms with E-state index in [1.54, 1.807) is 0 Å². The number of likely N-dealkylation sites (tertiary alicyclic amines) is 1. The summed E-state index contributed by atoms with van der Waals surface area (Å²) in [6, 6.07) is 7.66. The number of piperidine rings is 1. The quantitative estimate of drug-likeness (QED) is 0.859. The Morgan fingerprint density at radius 2 is 2.00 bits per heavy atom. The minimum absolute atomic E-state index is 0.177. The van der Waals surface area contributed by atoms with Crippen LogP contribution in [0.15, 0.2) is 28.7 Å². The topological polar surface area (TPSA) is 42.2 Å². The summed E-state index contributed by atoms with van der Waals surface area (Å²) in [5.41, 5.74) is 0.863. The van der Waals surface area contributed by atoms with Crippen LogP contribution >= 0.6 is 11.6 Å². The monoisotopic (exact) mass is 291 g/mol. The van der Waals surface area contributed by atoms with E-state index in [1.807, 2.05) is 24.3 Å². The number of rotatable bonds is 3. The van der Waals surface area contributed by atoms with E-state index >= 15 is 0 Å². The van der Waals surface area contributed by atoms with Gasteiger partial charge in [0.1, 0.15) is 0 Å². The molecule has 0 spiro atoms. The Labute approximate surface area is 123 Å². The Kier molecular flexibility index (Phi) is 4.03. The molecule has 0 bridgehead atoms. The van der Waals surface area contributed by atoms with Crippen molar-refractivity contribution in [2.75, 3.05) is 13.1 Å². The van der Waals surface area contributed by atoms with Gasteiger partial charge >= 0.3 is 0 Å². The third kappa shape index (κ3) is 2.86. The molecular formula is C15H18ClN3O. The third-order valence-corrected chi connectivity index (χ3v) is 4.04. The van der Waals surface area contributed by atoms with Gasteiger partial charge in [0.25, 0.3) is 0 Å². The average molecular weight is 292 g/mol. The van der Waals surface area contributed by atoms with Gasteiger partial charge in [0.05, 0.1) is 6.04 Å². The molecule has 2 heterocycles. The maximum atomic E-state index is 5.99. The number of hydrogen-bond donors (Lipinski definition) is 0. The summed E-state index contributed by atoms with van der Waals surface area (Å²) in [7, 11) is 0. The molecular weight excluding hydrogens is 274 g/mol. The Morgan fingerprint density at radius 1 is 1.20 bits per heavy atom. The molecule has 1 aromatic heterocycles. The SMILES string of the molecule is C[C@H](c1nnc(-c2cccc(Cl)c2)o1)N1CCCCC1. The minimum Gasteiger partial charge on any atom is -0.419 e. The van der Waals surface area contributed by atoms with Crippen LogP contribution in [0.1, 0.15) is 38.1 Å². The largest absolute Gasteiger partial charge is 0.419 e. The highest BCUT2D eigenvalue weighted by atomic mass is 35.5. The fraction of sp³-hybridized carbons (Fsp3) is 0.467. The first kappa shape index (κ1) is 13.6. The van der Waals surface area contributed by atoms with E-state index in [9.17, 15) is 0 Å². The van der Waals surface area contributed by atoms with Gasteiger partial charge in [0.15, 0.2) is 0 Å². The highest BCUT2D eigenvalue weighted by Gasteiger charge is 2.23. The third-order valence-electron chi connectivity index (χ3n) is 3.81. The standard InChI is InChI=1S/C15H18ClN3O/c1-11(19-8-3-2-4-9-19)14-17-18-15(20-14)12-6-5-7-13(16)10-12/h5-7,10-11H,2-4,8-9H2,1H3/t11-/m1/s1. The van der Waals surface area contributed by atoms with E-state index in [1.165, 1.54) is 19.3 Å². The molecule has 5 heteroatoms. The number of benzene rings is 1. The molecule has 0 aliphatic carbocycles. The predicted molar refractivity (Wildman–Crippen MR) is 78.6 cm³/mol. The van der Waals surface area contributed by atoms with Crippen LogP contribution in [0, 0.1) is 0 Å². The van der Waals surface area contributed by atoms with Gasteiger partial charge in [-0.3, -0.25) is 4.90 Å². The molecule has 106 valence electrons. The van der Waals surface area contributed by atoms with E-state index in [-0.39, 0.29) is 6.04 Å². The van der Waals surface area contributed by atoms with Crippen LogP contribution < -0.4 is 0 Å². The van der Waals surface area contributed by atoms with Crippen LogP contribution in [0.25, 0.3) is 11.5 Å². The maximum absolute atomic E-state index is 5.99. The second-order valence-corrected chi connectivity index (χ2v) is 5.66. The molecule has 1 fully saturated rings. The van der Waals surface area contributed by atoms with Crippen molar-refractivity contribution in [3.05, 3.63) is 35.2 Å². The normalized spacial score (nSPS) is 18.1. The Hall–Kier alpha value is -1.39. The van der Waals surface area contributed by atoms with E-state index in [4.69, 9.17) is 16.0 Å². The van der Waals surface area contributed by atoms with Crippen LogP contribution in [0.4, 0.5) is 0 Å². The molecule has 3 rings (SSSR count). The second-order valence-electron chi connectivity index (χ2n) is 5.23. The number of halogens is 1. The number of aromatic nitrogens is 2. The van der Waals surface area contributed by atoms with Crippen molar-refractivity contribution in [2.45, 2.75) is 32.2 Å². The molecule has 0 saturated carbocycles. The average Bonchev–Trinajstić information content (AvgIpc) is 2.97. The molecule has 1 saturated heterocycles. The first-order valence-corrected chi connectivity index (χ1v) is 7.45. The van der Waals surface area contributed by atoms with Crippen LogP contribution in [0.3, 0.4) is 0 Å². The lowest BCUT2D eigenvalue weighted by molar-refractivity contribution is 0.153. The predicted octanol–water partition coefficient (Wildman–Crippen LogP) is 3.94.